The normalized spacial score (nSPS) is 9.87. The van der Waals surface area contributed by atoms with E-state index < -0.39 is 5.97 Å². The Hall–Kier alpha value is -2.44. The number of aromatic nitrogens is 5. The first-order chi connectivity index (χ1) is 7.27. The van der Waals surface area contributed by atoms with Crippen LogP contribution in [0.4, 0.5) is 0 Å². The zero-order chi connectivity index (χ0) is 10.7. The summed E-state index contributed by atoms with van der Waals surface area (Å²) in [6.45, 7) is 0. The van der Waals surface area contributed by atoms with E-state index in [4.69, 9.17) is 5.11 Å². The number of hydrogen-bond donors (Lipinski definition) is 1. The molecule has 0 aliphatic carbocycles. The molecule has 0 bridgehead atoms. The maximum atomic E-state index is 10.5. The molecular weight excluding hydrogens is 198 g/mol. The van der Waals surface area contributed by atoms with Gasteiger partial charge in [0.1, 0.15) is 5.69 Å². The number of rotatable bonds is 2. The molecule has 0 radical (unpaired) electrons. The Kier molecular flexibility index (Phi) is 2.28. The number of nitrogens with zero attached hydrogens (tertiary/aromatic N) is 5. The fourth-order valence-electron chi connectivity index (χ4n) is 0.972. The van der Waals surface area contributed by atoms with Crippen molar-refractivity contribution in [3.63, 3.8) is 0 Å². The molecule has 7 nitrogen and oxygen atoms in total. The molecule has 0 aromatic carbocycles. The number of carboxylic acid groups (broad SMARTS) is 1. The van der Waals surface area contributed by atoms with Crippen LogP contribution in [-0.4, -0.2) is 36.5 Å². The van der Waals surface area contributed by atoms with E-state index >= 15 is 0 Å². The average Bonchev–Trinajstić information content (AvgIpc) is 2.30. The summed E-state index contributed by atoms with van der Waals surface area (Å²) >= 11 is 0. The molecule has 15 heavy (non-hydrogen) atoms. The van der Waals surface area contributed by atoms with Crippen LogP contribution in [0.3, 0.4) is 0 Å². The highest BCUT2D eigenvalue weighted by Crippen LogP contribution is 2.10. The monoisotopic (exact) mass is 203 g/mol. The highest BCUT2D eigenvalue weighted by Gasteiger charge is 2.06. The van der Waals surface area contributed by atoms with Gasteiger partial charge >= 0.3 is 5.97 Å². The third-order valence-corrected chi connectivity index (χ3v) is 1.65. The van der Waals surface area contributed by atoms with E-state index in [2.05, 4.69) is 25.4 Å². The van der Waals surface area contributed by atoms with E-state index in [1.165, 1.54) is 18.6 Å². The lowest BCUT2D eigenvalue weighted by Crippen LogP contribution is -2.00. The standard InChI is InChI=1S/C8H5N5O2/c14-8(15)6-2-1-5(3-9-6)7-12-10-4-11-13-7/h1-4H,(H,14,15). The van der Waals surface area contributed by atoms with Gasteiger partial charge in [0.05, 0.1) is 0 Å². The molecule has 0 saturated heterocycles. The minimum Gasteiger partial charge on any atom is -0.477 e. The fraction of sp³-hybridized carbons (Fsp3) is 0. The summed E-state index contributed by atoms with van der Waals surface area (Å²) in [5, 5.41) is 23.2. The predicted octanol–water partition coefficient (Wildman–Crippen LogP) is 0.0268. The van der Waals surface area contributed by atoms with E-state index in [0.29, 0.717) is 11.4 Å². The summed E-state index contributed by atoms with van der Waals surface area (Å²) in [6.07, 6.45) is 2.57. The van der Waals surface area contributed by atoms with Gasteiger partial charge < -0.3 is 5.11 Å². The van der Waals surface area contributed by atoms with Gasteiger partial charge in [-0.25, -0.2) is 9.78 Å². The van der Waals surface area contributed by atoms with Crippen molar-refractivity contribution in [2.45, 2.75) is 0 Å². The summed E-state index contributed by atoms with van der Waals surface area (Å²) in [6, 6.07) is 2.92. The van der Waals surface area contributed by atoms with E-state index in [-0.39, 0.29) is 5.69 Å². The summed E-state index contributed by atoms with van der Waals surface area (Å²) in [5.74, 6) is -0.770. The van der Waals surface area contributed by atoms with Gasteiger partial charge in [-0.3, -0.25) is 0 Å². The number of aromatic carboxylic acids is 1. The molecule has 0 aliphatic rings. The fourth-order valence-corrected chi connectivity index (χ4v) is 0.972. The second kappa shape index (κ2) is 3.74. The van der Waals surface area contributed by atoms with Gasteiger partial charge in [-0.05, 0) is 12.1 Å². The highest BCUT2D eigenvalue weighted by molar-refractivity contribution is 5.85. The summed E-state index contributed by atoms with van der Waals surface area (Å²) in [4.78, 5) is 14.2. The zero-order valence-electron chi connectivity index (χ0n) is 7.40. The van der Waals surface area contributed by atoms with Crippen molar-refractivity contribution in [3.05, 3.63) is 30.4 Å². The molecule has 0 unspecified atom stereocenters. The number of hydrogen-bond acceptors (Lipinski definition) is 6. The summed E-state index contributed by atoms with van der Waals surface area (Å²) in [7, 11) is 0. The van der Waals surface area contributed by atoms with E-state index in [1.807, 2.05) is 0 Å². The van der Waals surface area contributed by atoms with Gasteiger partial charge in [-0.1, -0.05) is 0 Å². The van der Waals surface area contributed by atoms with Crippen LogP contribution >= 0.6 is 0 Å². The minimum atomic E-state index is -1.08. The Bertz CT molecular complexity index is 470. The van der Waals surface area contributed by atoms with Crippen LogP contribution in [0.15, 0.2) is 24.7 Å². The Morgan fingerprint density at radius 1 is 1.20 bits per heavy atom. The van der Waals surface area contributed by atoms with Crippen molar-refractivity contribution in [2.75, 3.05) is 0 Å². The number of carboxylic acids is 1. The molecule has 2 rings (SSSR count). The molecule has 0 amide bonds. The topological polar surface area (TPSA) is 102 Å². The van der Waals surface area contributed by atoms with Crippen LogP contribution in [0.2, 0.25) is 0 Å². The van der Waals surface area contributed by atoms with Crippen molar-refractivity contribution in [3.8, 4) is 11.4 Å². The van der Waals surface area contributed by atoms with Crippen LogP contribution in [0.5, 0.6) is 0 Å². The number of carbonyl (C=O) groups is 1. The van der Waals surface area contributed by atoms with Crippen LogP contribution < -0.4 is 0 Å². The smallest absolute Gasteiger partial charge is 0.354 e. The van der Waals surface area contributed by atoms with E-state index in [9.17, 15) is 4.79 Å². The highest BCUT2D eigenvalue weighted by atomic mass is 16.4. The first kappa shape index (κ1) is 9.13. The van der Waals surface area contributed by atoms with Gasteiger partial charge in [-0.15, -0.1) is 20.4 Å². The Labute approximate surface area is 83.8 Å². The third-order valence-electron chi connectivity index (χ3n) is 1.65. The SMILES string of the molecule is O=C(O)c1ccc(-c2nncnn2)cn1. The first-order valence-corrected chi connectivity index (χ1v) is 3.97. The van der Waals surface area contributed by atoms with Crippen LogP contribution in [0.1, 0.15) is 10.5 Å². The molecular formula is C8H5N5O2. The summed E-state index contributed by atoms with van der Waals surface area (Å²) in [5.41, 5.74) is 0.538. The van der Waals surface area contributed by atoms with Crippen LogP contribution in [0, 0.1) is 0 Å². The molecule has 0 saturated carbocycles. The summed E-state index contributed by atoms with van der Waals surface area (Å²) < 4.78 is 0. The van der Waals surface area contributed by atoms with Crippen LogP contribution in [0.25, 0.3) is 11.4 Å². The van der Waals surface area contributed by atoms with E-state index in [0.717, 1.165) is 0 Å². The Balaban J connectivity index is 2.36. The van der Waals surface area contributed by atoms with Crippen molar-refractivity contribution in [1.82, 2.24) is 25.4 Å². The second-order valence-corrected chi connectivity index (χ2v) is 2.61. The molecule has 2 aromatic rings. The quantitative estimate of drug-likeness (QED) is 0.734. The first-order valence-electron chi connectivity index (χ1n) is 3.97. The van der Waals surface area contributed by atoms with Gasteiger partial charge in [-0.2, -0.15) is 0 Å². The lowest BCUT2D eigenvalue weighted by molar-refractivity contribution is 0.0690. The van der Waals surface area contributed by atoms with Gasteiger partial charge in [0, 0.05) is 11.8 Å². The zero-order valence-corrected chi connectivity index (χ0v) is 7.40. The van der Waals surface area contributed by atoms with E-state index in [1.54, 1.807) is 6.07 Å². The molecule has 0 spiro atoms. The lowest BCUT2D eigenvalue weighted by atomic mass is 10.2. The molecule has 0 aliphatic heterocycles. The predicted molar refractivity (Wildman–Crippen MR) is 47.8 cm³/mol. The van der Waals surface area contributed by atoms with Crippen molar-refractivity contribution in [1.29, 1.82) is 0 Å². The van der Waals surface area contributed by atoms with Gasteiger partial charge in [0.15, 0.2) is 6.33 Å². The second-order valence-electron chi connectivity index (χ2n) is 2.61. The van der Waals surface area contributed by atoms with Crippen molar-refractivity contribution in [2.24, 2.45) is 0 Å². The van der Waals surface area contributed by atoms with Crippen molar-refractivity contribution < 1.29 is 9.90 Å². The molecule has 1 N–H and O–H groups in total. The van der Waals surface area contributed by atoms with Gasteiger partial charge in [0.2, 0.25) is 5.82 Å². The molecule has 74 valence electrons. The largest absolute Gasteiger partial charge is 0.477 e. The molecule has 0 atom stereocenters. The Morgan fingerprint density at radius 2 is 1.93 bits per heavy atom. The molecule has 7 heteroatoms. The lowest BCUT2D eigenvalue weighted by Gasteiger charge is -1.97. The molecule has 2 aromatic heterocycles. The van der Waals surface area contributed by atoms with Crippen molar-refractivity contribution >= 4 is 5.97 Å². The van der Waals surface area contributed by atoms with Crippen LogP contribution in [-0.2, 0) is 0 Å². The maximum absolute atomic E-state index is 10.5. The maximum Gasteiger partial charge on any atom is 0.354 e. The average molecular weight is 203 g/mol. The molecule has 0 fully saturated rings. The Morgan fingerprint density at radius 3 is 2.47 bits per heavy atom. The third kappa shape index (κ3) is 1.90. The molecule has 2 heterocycles. The number of pyridine rings is 1. The minimum absolute atomic E-state index is 0.0319. The van der Waals surface area contributed by atoms with Gasteiger partial charge in [0.25, 0.3) is 0 Å².